The Morgan fingerprint density at radius 3 is 2.04 bits per heavy atom. The van der Waals surface area contributed by atoms with Crippen LogP contribution in [0, 0.1) is 13.8 Å². The molecule has 1 heterocycles. The fourth-order valence-electron chi connectivity index (χ4n) is 2.03. The zero-order valence-corrected chi connectivity index (χ0v) is 13.0. The molecule has 1 aromatic heterocycles. The van der Waals surface area contributed by atoms with Crippen LogP contribution < -0.4 is 0 Å². The van der Waals surface area contributed by atoms with Crippen LogP contribution in [0.25, 0.3) is 5.69 Å². The summed E-state index contributed by atoms with van der Waals surface area (Å²) in [4.78, 5) is 22.7. The Labute approximate surface area is 132 Å². The van der Waals surface area contributed by atoms with Gasteiger partial charge in [0.2, 0.25) is 11.8 Å². The molecule has 7 nitrogen and oxygen atoms in total. The predicted octanol–water partition coefficient (Wildman–Crippen LogP) is 1.84. The van der Waals surface area contributed by atoms with E-state index in [-0.39, 0.29) is 17.3 Å². The molecule has 0 aliphatic carbocycles. The van der Waals surface area contributed by atoms with Gasteiger partial charge in [-0.3, -0.25) is 4.57 Å². The maximum Gasteiger partial charge on any atom is 0.344 e. The monoisotopic (exact) mass is 319 g/mol. The molecule has 0 aliphatic heterocycles. The van der Waals surface area contributed by atoms with E-state index in [0.717, 1.165) is 0 Å². The summed E-state index contributed by atoms with van der Waals surface area (Å²) < 4.78 is 10.4. The van der Waals surface area contributed by atoms with Crippen LogP contribution in [0.1, 0.15) is 21.5 Å². The lowest BCUT2D eigenvalue weighted by Gasteiger charge is -2.08. The number of aromatic nitrogens is 1. The number of hydrogen-bond donors (Lipinski definition) is 2. The molecule has 0 aliphatic rings. The lowest BCUT2D eigenvalue weighted by molar-refractivity contribution is -0.144. The molecule has 2 rings (SSSR count). The summed E-state index contributed by atoms with van der Waals surface area (Å²) in [6, 6.07) is 6.04. The van der Waals surface area contributed by atoms with E-state index in [9.17, 15) is 19.8 Å². The molecule has 7 heteroatoms. The number of aromatic hydroxyl groups is 2. The smallest absolute Gasteiger partial charge is 0.344 e. The summed E-state index contributed by atoms with van der Waals surface area (Å²) in [5, 5.41) is 20.1. The number of esters is 2. The Bertz CT molecular complexity index is 719. The number of benzene rings is 1. The van der Waals surface area contributed by atoms with Crippen molar-refractivity contribution in [1.29, 1.82) is 0 Å². The van der Waals surface area contributed by atoms with Crippen molar-refractivity contribution in [3.63, 3.8) is 0 Å². The van der Waals surface area contributed by atoms with Crippen molar-refractivity contribution in [2.24, 2.45) is 0 Å². The molecule has 0 bridgehead atoms. The second-order valence-electron chi connectivity index (χ2n) is 4.93. The highest BCUT2D eigenvalue weighted by Gasteiger charge is 2.18. The highest BCUT2D eigenvalue weighted by Crippen LogP contribution is 2.35. The van der Waals surface area contributed by atoms with Crippen molar-refractivity contribution in [3.8, 4) is 17.4 Å². The third-order valence-corrected chi connectivity index (χ3v) is 3.57. The number of ether oxygens (including phenoxy) is 2. The van der Waals surface area contributed by atoms with Gasteiger partial charge in [0.15, 0.2) is 6.61 Å². The van der Waals surface area contributed by atoms with E-state index >= 15 is 0 Å². The van der Waals surface area contributed by atoms with Crippen LogP contribution in [0.15, 0.2) is 24.3 Å². The standard InChI is InChI=1S/C16H17NO6/c1-9-10(2)15(20)17(14(9)19)12-6-4-11(5-7-12)16(21)23-8-13(18)22-3/h4-7,19-20H,8H2,1-3H3. The van der Waals surface area contributed by atoms with Gasteiger partial charge in [0.25, 0.3) is 0 Å². The molecular formula is C16H17NO6. The first kappa shape index (κ1) is 16.4. The van der Waals surface area contributed by atoms with E-state index in [4.69, 9.17) is 4.74 Å². The van der Waals surface area contributed by atoms with Crippen LogP contribution in [0.3, 0.4) is 0 Å². The topological polar surface area (TPSA) is 98.0 Å². The molecule has 0 amide bonds. The number of hydrogen-bond acceptors (Lipinski definition) is 6. The maximum atomic E-state index is 11.8. The van der Waals surface area contributed by atoms with Crippen molar-refractivity contribution in [3.05, 3.63) is 41.0 Å². The lowest BCUT2D eigenvalue weighted by Crippen LogP contribution is -2.15. The summed E-state index contributed by atoms with van der Waals surface area (Å²) in [6.07, 6.45) is 0. The lowest BCUT2D eigenvalue weighted by atomic mass is 10.2. The molecule has 0 atom stereocenters. The Balaban J connectivity index is 2.22. The van der Waals surface area contributed by atoms with Gasteiger partial charge in [0.1, 0.15) is 0 Å². The Kier molecular flexibility index (Phi) is 4.59. The minimum atomic E-state index is -0.671. The fourth-order valence-corrected chi connectivity index (χ4v) is 2.03. The van der Waals surface area contributed by atoms with Gasteiger partial charge in [0, 0.05) is 11.1 Å². The van der Waals surface area contributed by atoms with Crippen LogP contribution in [0.2, 0.25) is 0 Å². The van der Waals surface area contributed by atoms with Gasteiger partial charge in [-0.05, 0) is 38.1 Å². The average Bonchev–Trinajstić information content (AvgIpc) is 2.76. The third kappa shape index (κ3) is 3.13. The molecule has 1 aromatic carbocycles. The number of carbonyl (C=O) groups excluding carboxylic acids is 2. The minimum Gasteiger partial charge on any atom is -0.494 e. The summed E-state index contributed by atoms with van der Waals surface area (Å²) in [7, 11) is 1.20. The first-order chi connectivity index (χ1) is 10.9. The van der Waals surface area contributed by atoms with Crippen LogP contribution in [-0.2, 0) is 14.3 Å². The number of rotatable bonds is 4. The van der Waals surface area contributed by atoms with E-state index in [1.54, 1.807) is 26.0 Å². The normalized spacial score (nSPS) is 10.4. The molecule has 0 fully saturated rings. The Morgan fingerprint density at radius 1 is 1.04 bits per heavy atom. The van der Waals surface area contributed by atoms with Crippen molar-refractivity contribution in [1.82, 2.24) is 4.57 Å². The van der Waals surface area contributed by atoms with Gasteiger partial charge in [0.05, 0.1) is 18.4 Å². The zero-order chi connectivity index (χ0) is 17.1. The number of methoxy groups -OCH3 is 1. The summed E-state index contributed by atoms with van der Waals surface area (Å²) >= 11 is 0. The van der Waals surface area contributed by atoms with E-state index < -0.39 is 18.5 Å². The molecule has 2 N–H and O–H groups in total. The fraction of sp³-hybridized carbons (Fsp3) is 0.250. The van der Waals surface area contributed by atoms with Crippen LogP contribution in [0.5, 0.6) is 11.8 Å². The Morgan fingerprint density at radius 2 is 1.57 bits per heavy atom. The molecule has 0 radical (unpaired) electrons. The summed E-state index contributed by atoms with van der Waals surface area (Å²) in [5.41, 5.74) is 1.87. The average molecular weight is 319 g/mol. The summed E-state index contributed by atoms with van der Waals surface area (Å²) in [5.74, 6) is -1.46. The molecule has 23 heavy (non-hydrogen) atoms. The first-order valence-corrected chi connectivity index (χ1v) is 6.81. The van der Waals surface area contributed by atoms with Crippen LogP contribution in [-0.4, -0.2) is 40.4 Å². The Hall–Kier alpha value is -2.96. The highest BCUT2D eigenvalue weighted by atomic mass is 16.6. The molecule has 122 valence electrons. The van der Waals surface area contributed by atoms with E-state index in [1.807, 2.05) is 0 Å². The van der Waals surface area contributed by atoms with Gasteiger partial charge < -0.3 is 19.7 Å². The second kappa shape index (κ2) is 6.43. The van der Waals surface area contributed by atoms with Crippen molar-refractivity contribution >= 4 is 11.9 Å². The van der Waals surface area contributed by atoms with E-state index in [0.29, 0.717) is 16.8 Å². The molecule has 0 saturated heterocycles. The molecule has 0 spiro atoms. The van der Waals surface area contributed by atoms with Gasteiger partial charge in [-0.1, -0.05) is 0 Å². The minimum absolute atomic E-state index is 0.0685. The van der Waals surface area contributed by atoms with Crippen molar-refractivity contribution in [2.75, 3.05) is 13.7 Å². The van der Waals surface area contributed by atoms with Crippen LogP contribution in [0.4, 0.5) is 0 Å². The van der Waals surface area contributed by atoms with Crippen LogP contribution >= 0.6 is 0 Å². The predicted molar refractivity (Wildman–Crippen MR) is 80.9 cm³/mol. The highest BCUT2D eigenvalue weighted by molar-refractivity contribution is 5.91. The molecular weight excluding hydrogens is 302 g/mol. The molecule has 0 unspecified atom stereocenters. The number of nitrogens with zero attached hydrogens (tertiary/aromatic N) is 1. The molecule has 0 saturated carbocycles. The van der Waals surface area contributed by atoms with Crippen molar-refractivity contribution < 1.29 is 29.3 Å². The third-order valence-electron chi connectivity index (χ3n) is 3.57. The second-order valence-corrected chi connectivity index (χ2v) is 4.93. The maximum absolute atomic E-state index is 11.8. The van der Waals surface area contributed by atoms with Gasteiger partial charge >= 0.3 is 11.9 Å². The molecule has 2 aromatic rings. The van der Waals surface area contributed by atoms with E-state index in [1.165, 1.54) is 23.8 Å². The zero-order valence-electron chi connectivity index (χ0n) is 13.0. The van der Waals surface area contributed by atoms with Gasteiger partial charge in [-0.25, -0.2) is 9.59 Å². The first-order valence-electron chi connectivity index (χ1n) is 6.81. The quantitative estimate of drug-likeness (QED) is 0.834. The van der Waals surface area contributed by atoms with Gasteiger partial charge in [-0.2, -0.15) is 0 Å². The largest absolute Gasteiger partial charge is 0.494 e. The van der Waals surface area contributed by atoms with Gasteiger partial charge in [-0.15, -0.1) is 0 Å². The number of carbonyl (C=O) groups is 2. The SMILES string of the molecule is COC(=O)COC(=O)c1ccc(-n2c(O)c(C)c(C)c2O)cc1. The van der Waals surface area contributed by atoms with Crippen molar-refractivity contribution in [2.45, 2.75) is 13.8 Å². The van der Waals surface area contributed by atoms with E-state index in [2.05, 4.69) is 4.74 Å². The summed E-state index contributed by atoms with van der Waals surface area (Å²) in [6.45, 7) is 2.92.